The van der Waals surface area contributed by atoms with Crippen LogP contribution in [-0.2, 0) is 0 Å². The van der Waals surface area contributed by atoms with Gasteiger partial charge in [0, 0.05) is 0 Å². The summed E-state index contributed by atoms with van der Waals surface area (Å²) in [6, 6.07) is 0. The van der Waals surface area contributed by atoms with Crippen molar-refractivity contribution in [2.45, 2.75) is 53.4 Å². The molecule has 1 radical (unpaired) electrons. The molecule has 0 aromatic rings. The maximum atomic E-state index is 2.34. The molecule has 0 aromatic heterocycles. The minimum atomic E-state index is 0.918. The highest BCUT2D eigenvalue weighted by Crippen LogP contribution is 2.17. The first-order valence-corrected chi connectivity index (χ1v) is 4.52. The topological polar surface area (TPSA) is 0 Å². The van der Waals surface area contributed by atoms with Gasteiger partial charge in [-0.05, 0) is 18.3 Å². The van der Waals surface area contributed by atoms with Crippen molar-refractivity contribution < 1.29 is 0 Å². The summed E-state index contributed by atoms with van der Waals surface area (Å²) in [5, 5.41) is 0. The first kappa shape index (κ1) is 10.0. The van der Waals surface area contributed by atoms with Crippen LogP contribution in [0.15, 0.2) is 0 Å². The lowest BCUT2D eigenvalue weighted by molar-refractivity contribution is 0.495. The van der Waals surface area contributed by atoms with Crippen LogP contribution in [0.4, 0.5) is 0 Å². The highest BCUT2D eigenvalue weighted by molar-refractivity contribution is 4.81. The first-order chi connectivity index (χ1) is 4.70. The average Bonchev–Trinajstić information content (AvgIpc) is 1.99. The molecule has 0 nitrogen and oxygen atoms in total. The van der Waals surface area contributed by atoms with E-state index < -0.39 is 0 Å². The lowest BCUT2D eigenvalue weighted by atomic mass is 9.95. The van der Waals surface area contributed by atoms with Crippen LogP contribution >= 0.6 is 0 Å². The molecule has 0 bridgehead atoms. The van der Waals surface area contributed by atoms with E-state index in [0.29, 0.717) is 0 Å². The Morgan fingerprint density at radius 2 is 1.90 bits per heavy atom. The second kappa shape index (κ2) is 5.76. The standard InChI is InChI=1S/C10H21/c1-5-9(3)7-8-10(4)6-2/h9H,5-8H2,1-4H3. The van der Waals surface area contributed by atoms with Crippen LogP contribution in [0.25, 0.3) is 0 Å². The first-order valence-electron chi connectivity index (χ1n) is 4.52. The predicted octanol–water partition coefficient (Wildman–Crippen LogP) is 3.82. The van der Waals surface area contributed by atoms with Gasteiger partial charge in [0.05, 0.1) is 0 Å². The normalized spacial score (nSPS) is 14.1. The van der Waals surface area contributed by atoms with Gasteiger partial charge in [-0.3, -0.25) is 0 Å². The van der Waals surface area contributed by atoms with E-state index in [2.05, 4.69) is 27.7 Å². The Labute approximate surface area is 66.0 Å². The molecular weight excluding hydrogens is 120 g/mol. The molecule has 0 heterocycles. The molecule has 0 aromatic carbocycles. The quantitative estimate of drug-likeness (QED) is 0.546. The third-order valence-electron chi connectivity index (χ3n) is 2.36. The molecule has 10 heavy (non-hydrogen) atoms. The lowest BCUT2D eigenvalue weighted by Crippen LogP contribution is -1.96. The smallest absolute Gasteiger partial charge is 0.0275 e. The van der Waals surface area contributed by atoms with Crippen LogP contribution in [0.3, 0.4) is 0 Å². The SMILES string of the molecule is CC[C](C)CCC(C)CC. The highest BCUT2D eigenvalue weighted by Gasteiger charge is 2.02. The van der Waals surface area contributed by atoms with Gasteiger partial charge >= 0.3 is 0 Å². The minimum Gasteiger partial charge on any atom is -0.0651 e. The Hall–Kier alpha value is 0. The fraction of sp³-hybridized carbons (Fsp3) is 0.900. The van der Waals surface area contributed by atoms with E-state index in [1.165, 1.54) is 25.7 Å². The summed E-state index contributed by atoms with van der Waals surface area (Å²) in [6.45, 7) is 9.11. The van der Waals surface area contributed by atoms with Gasteiger partial charge in [-0.25, -0.2) is 0 Å². The zero-order valence-corrected chi connectivity index (χ0v) is 7.91. The lowest BCUT2D eigenvalue weighted by Gasteiger charge is -2.11. The van der Waals surface area contributed by atoms with Gasteiger partial charge in [0.2, 0.25) is 0 Å². The average molecular weight is 141 g/mol. The van der Waals surface area contributed by atoms with Crippen LogP contribution in [0.1, 0.15) is 53.4 Å². The number of hydrogen-bond acceptors (Lipinski definition) is 0. The van der Waals surface area contributed by atoms with Crippen molar-refractivity contribution in [3.05, 3.63) is 5.92 Å². The van der Waals surface area contributed by atoms with Crippen LogP contribution < -0.4 is 0 Å². The van der Waals surface area contributed by atoms with Crippen molar-refractivity contribution in [1.82, 2.24) is 0 Å². The van der Waals surface area contributed by atoms with E-state index >= 15 is 0 Å². The van der Waals surface area contributed by atoms with E-state index in [1.54, 1.807) is 5.92 Å². The summed E-state index contributed by atoms with van der Waals surface area (Å²) in [6.07, 6.45) is 5.31. The molecule has 61 valence electrons. The fourth-order valence-electron chi connectivity index (χ4n) is 0.874. The van der Waals surface area contributed by atoms with Gasteiger partial charge in [-0.15, -0.1) is 0 Å². The zero-order valence-electron chi connectivity index (χ0n) is 7.91. The van der Waals surface area contributed by atoms with Crippen LogP contribution in [0.2, 0.25) is 0 Å². The van der Waals surface area contributed by atoms with Gasteiger partial charge in [0.1, 0.15) is 0 Å². The molecule has 0 saturated carbocycles. The number of hydrogen-bond donors (Lipinski definition) is 0. The van der Waals surface area contributed by atoms with Crippen molar-refractivity contribution >= 4 is 0 Å². The van der Waals surface area contributed by atoms with Crippen molar-refractivity contribution in [2.24, 2.45) is 5.92 Å². The molecule has 0 rings (SSSR count). The van der Waals surface area contributed by atoms with Crippen LogP contribution in [0, 0.1) is 11.8 Å². The largest absolute Gasteiger partial charge is 0.0651 e. The summed E-state index contributed by atoms with van der Waals surface area (Å²) < 4.78 is 0. The summed E-state index contributed by atoms with van der Waals surface area (Å²) >= 11 is 0. The third kappa shape index (κ3) is 4.84. The van der Waals surface area contributed by atoms with E-state index in [9.17, 15) is 0 Å². The summed E-state index contributed by atoms with van der Waals surface area (Å²) in [5.41, 5.74) is 0. The molecule has 1 unspecified atom stereocenters. The number of rotatable bonds is 5. The van der Waals surface area contributed by atoms with Crippen molar-refractivity contribution in [3.8, 4) is 0 Å². The molecule has 0 saturated heterocycles. The summed E-state index contributed by atoms with van der Waals surface area (Å²) in [7, 11) is 0. The minimum absolute atomic E-state index is 0.918. The molecule has 0 amide bonds. The van der Waals surface area contributed by atoms with Gasteiger partial charge < -0.3 is 0 Å². The van der Waals surface area contributed by atoms with E-state index in [0.717, 1.165) is 5.92 Å². The van der Waals surface area contributed by atoms with Crippen molar-refractivity contribution in [3.63, 3.8) is 0 Å². The van der Waals surface area contributed by atoms with Crippen molar-refractivity contribution in [2.75, 3.05) is 0 Å². The molecule has 0 spiro atoms. The predicted molar refractivity (Wildman–Crippen MR) is 47.9 cm³/mol. The van der Waals surface area contributed by atoms with Crippen LogP contribution in [0.5, 0.6) is 0 Å². The van der Waals surface area contributed by atoms with Gasteiger partial charge in [0.15, 0.2) is 0 Å². The molecule has 0 aliphatic rings. The molecule has 0 aliphatic carbocycles. The second-order valence-corrected chi connectivity index (χ2v) is 3.36. The van der Waals surface area contributed by atoms with E-state index in [4.69, 9.17) is 0 Å². The maximum absolute atomic E-state index is 2.34. The van der Waals surface area contributed by atoms with Gasteiger partial charge in [-0.2, -0.15) is 0 Å². The monoisotopic (exact) mass is 141 g/mol. The molecule has 0 N–H and O–H groups in total. The Kier molecular flexibility index (Phi) is 5.76. The Balaban J connectivity index is 3.17. The van der Waals surface area contributed by atoms with Gasteiger partial charge in [0.25, 0.3) is 0 Å². The van der Waals surface area contributed by atoms with E-state index in [1.807, 2.05) is 0 Å². The summed E-state index contributed by atoms with van der Waals surface area (Å²) in [4.78, 5) is 0. The van der Waals surface area contributed by atoms with Gasteiger partial charge in [-0.1, -0.05) is 47.0 Å². The Morgan fingerprint density at radius 3 is 2.30 bits per heavy atom. The molecule has 1 atom stereocenters. The van der Waals surface area contributed by atoms with E-state index in [-0.39, 0.29) is 0 Å². The Bertz CT molecular complexity index is 56.4. The Morgan fingerprint density at radius 1 is 1.30 bits per heavy atom. The molecule has 0 aliphatic heterocycles. The maximum Gasteiger partial charge on any atom is -0.0275 e. The second-order valence-electron chi connectivity index (χ2n) is 3.36. The third-order valence-corrected chi connectivity index (χ3v) is 2.36. The summed E-state index contributed by atoms with van der Waals surface area (Å²) in [5.74, 6) is 2.57. The zero-order chi connectivity index (χ0) is 7.98. The molecular formula is C10H21. The highest BCUT2D eigenvalue weighted by atomic mass is 14.1. The molecule has 0 fully saturated rings. The molecule has 0 heteroatoms. The fourth-order valence-corrected chi connectivity index (χ4v) is 0.874. The van der Waals surface area contributed by atoms with Crippen LogP contribution in [-0.4, -0.2) is 0 Å². The van der Waals surface area contributed by atoms with Crippen molar-refractivity contribution in [1.29, 1.82) is 0 Å².